The van der Waals surface area contributed by atoms with Gasteiger partial charge in [-0.25, -0.2) is 8.42 Å². The van der Waals surface area contributed by atoms with Crippen LogP contribution in [0, 0.1) is 0 Å². The van der Waals surface area contributed by atoms with Gasteiger partial charge in [0.2, 0.25) is 9.84 Å². The van der Waals surface area contributed by atoms with Crippen LogP contribution in [0.15, 0.2) is 131 Å². The van der Waals surface area contributed by atoms with Crippen LogP contribution in [-0.2, 0) is 26.1 Å². The summed E-state index contributed by atoms with van der Waals surface area (Å²) in [4.78, 5) is 0.280. The fourth-order valence-electron chi connectivity index (χ4n) is 5.55. The van der Waals surface area contributed by atoms with Crippen molar-refractivity contribution in [2.45, 2.75) is 74.5 Å². The predicted octanol–water partition coefficient (Wildman–Crippen LogP) is 9.97. The van der Waals surface area contributed by atoms with E-state index in [9.17, 15) is 13.5 Å². The van der Waals surface area contributed by atoms with E-state index in [0.29, 0.717) is 11.5 Å². The largest absolute Gasteiger partial charge is 0.508 e. The first-order chi connectivity index (χ1) is 21.1. The molecule has 0 heterocycles. The number of phenolic OH excluding ortho intramolecular Hbond substituents is 1. The van der Waals surface area contributed by atoms with Gasteiger partial charge in [0.05, 0.1) is 9.79 Å². The van der Waals surface area contributed by atoms with Gasteiger partial charge in [-0.05, 0) is 93.9 Å². The number of hydrogen-bond acceptors (Lipinski definition) is 4. The van der Waals surface area contributed by atoms with Crippen LogP contribution in [0.3, 0.4) is 0 Å². The molecule has 5 aromatic carbocycles. The highest BCUT2D eigenvalue weighted by Gasteiger charge is 2.27. The Morgan fingerprint density at radius 3 is 1.09 bits per heavy atom. The maximum atomic E-state index is 12.9. The number of aromatic hydroxyl groups is 1. The Balaban J connectivity index is 1.28. The average molecular weight is 619 g/mol. The van der Waals surface area contributed by atoms with Crippen LogP contribution in [0.25, 0.3) is 0 Å². The zero-order valence-corrected chi connectivity index (χ0v) is 27.9. The Hall–Kier alpha value is -4.35. The van der Waals surface area contributed by atoms with E-state index in [4.69, 9.17) is 4.74 Å². The molecule has 0 aliphatic carbocycles. The van der Waals surface area contributed by atoms with Crippen LogP contribution in [0.2, 0.25) is 0 Å². The molecular formula is C40H42O4S. The Bertz CT molecular complexity index is 1860. The van der Waals surface area contributed by atoms with Crippen molar-refractivity contribution >= 4 is 9.84 Å². The molecule has 0 aromatic heterocycles. The zero-order chi connectivity index (χ0) is 32.6. The lowest BCUT2D eigenvalue weighted by Crippen LogP contribution is -2.22. The molecule has 5 aromatic rings. The smallest absolute Gasteiger partial charge is 0.206 e. The minimum atomic E-state index is -3.69. The molecule has 0 saturated carbocycles. The third-order valence-electron chi connectivity index (χ3n) is 8.89. The van der Waals surface area contributed by atoms with Gasteiger partial charge in [0.1, 0.15) is 17.2 Å². The molecule has 5 rings (SSSR count). The zero-order valence-electron chi connectivity index (χ0n) is 27.1. The first-order valence-corrected chi connectivity index (χ1v) is 16.7. The van der Waals surface area contributed by atoms with E-state index in [2.05, 4.69) is 109 Å². The normalized spacial score (nSPS) is 12.6. The number of sulfone groups is 1. The van der Waals surface area contributed by atoms with Gasteiger partial charge < -0.3 is 9.84 Å². The fourth-order valence-corrected chi connectivity index (χ4v) is 6.81. The van der Waals surface area contributed by atoms with Crippen LogP contribution in [0.1, 0.15) is 76.3 Å². The lowest BCUT2D eigenvalue weighted by molar-refractivity contribution is 0.475. The topological polar surface area (TPSA) is 63.6 Å². The highest BCUT2D eigenvalue weighted by molar-refractivity contribution is 7.91. The molecule has 0 aliphatic rings. The van der Waals surface area contributed by atoms with Crippen LogP contribution >= 0.6 is 0 Å². The minimum absolute atomic E-state index is 0.0163. The van der Waals surface area contributed by atoms with Gasteiger partial charge >= 0.3 is 0 Å². The fraction of sp³-hybridized carbons (Fsp3) is 0.250. The molecular weight excluding hydrogens is 577 g/mol. The van der Waals surface area contributed by atoms with Crippen molar-refractivity contribution in [2.75, 3.05) is 0 Å². The SMILES string of the molecule is CC(C)(C)c1ccc(C(C)(C)c2ccc(C(C)(C)c3ccc(Oc4ccc(S(=O)(=O)c5ccc(O)cc5)cc4)cc3)cc2)cc1. The molecule has 4 nitrogen and oxygen atoms in total. The second-order valence-electron chi connectivity index (χ2n) is 13.7. The Labute approximate surface area is 268 Å². The molecule has 0 radical (unpaired) electrons. The summed E-state index contributed by atoms with van der Waals surface area (Å²) in [7, 11) is -3.69. The second kappa shape index (κ2) is 11.9. The van der Waals surface area contributed by atoms with Crippen LogP contribution in [-0.4, -0.2) is 13.5 Å². The molecule has 0 saturated heterocycles. The second-order valence-corrected chi connectivity index (χ2v) is 15.7. The van der Waals surface area contributed by atoms with E-state index in [0.717, 1.165) is 5.56 Å². The summed E-state index contributed by atoms with van der Waals surface area (Å²) in [5.74, 6) is 1.22. The molecule has 0 spiro atoms. The van der Waals surface area contributed by atoms with Crippen molar-refractivity contribution in [2.24, 2.45) is 0 Å². The van der Waals surface area contributed by atoms with Gasteiger partial charge in [-0.2, -0.15) is 0 Å². The standard InChI is InChI=1S/C40H42O4S/c1-38(2,3)28-8-10-29(11-9-28)39(4,5)30-12-14-31(15-13-30)40(6,7)32-16-20-34(21-17-32)44-35-22-26-37(27-23-35)45(42,43)36-24-18-33(41)19-25-36/h8-27,41H,1-7H3. The molecule has 1 N–H and O–H groups in total. The summed E-state index contributed by atoms with van der Waals surface area (Å²) in [6.07, 6.45) is 0. The highest BCUT2D eigenvalue weighted by Crippen LogP contribution is 2.37. The summed E-state index contributed by atoms with van der Waals surface area (Å²) in [6.45, 7) is 15.7. The molecule has 0 unspecified atom stereocenters. The van der Waals surface area contributed by atoms with E-state index >= 15 is 0 Å². The number of benzene rings is 5. The summed E-state index contributed by atoms with van der Waals surface area (Å²) in [6, 6.07) is 37.9. The molecule has 0 aliphatic heterocycles. The van der Waals surface area contributed by atoms with Crippen molar-refractivity contribution in [1.29, 1.82) is 0 Å². The van der Waals surface area contributed by atoms with Gasteiger partial charge in [0, 0.05) is 10.8 Å². The molecule has 0 bridgehead atoms. The molecule has 232 valence electrons. The van der Waals surface area contributed by atoms with Gasteiger partial charge in [-0.15, -0.1) is 0 Å². The van der Waals surface area contributed by atoms with Crippen molar-refractivity contribution in [1.82, 2.24) is 0 Å². The lowest BCUT2D eigenvalue weighted by Gasteiger charge is -2.30. The van der Waals surface area contributed by atoms with E-state index in [-0.39, 0.29) is 31.8 Å². The van der Waals surface area contributed by atoms with E-state index < -0.39 is 9.84 Å². The van der Waals surface area contributed by atoms with Crippen molar-refractivity contribution in [3.63, 3.8) is 0 Å². The first kappa shape index (κ1) is 32.1. The summed E-state index contributed by atoms with van der Waals surface area (Å²) in [5, 5.41) is 9.47. The summed E-state index contributed by atoms with van der Waals surface area (Å²) >= 11 is 0. The minimum Gasteiger partial charge on any atom is -0.508 e. The maximum Gasteiger partial charge on any atom is 0.206 e. The monoisotopic (exact) mass is 618 g/mol. The van der Waals surface area contributed by atoms with Gasteiger partial charge in [-0.1, -0.05) is 109 Å². The van der Waals surface area contributed by atoms with Crippen LogP contribution in [0.4, 0.5) is 0 Å². The van der Waals surface area contributed by atoms with E-state index in [1.54, 1.807) is 12.1 Å². The lowest BCUT2D eigenvalue weighted by atomic mass is 9.74. The Kier molecular flexibility index (Phi) is 8.45. The number of ether oxygens (including phenoxy) is 1. The molecule has 45 heavy (non-hydrogen) atoms. The van der Waals surface area contributed by atoms with Crippen LogP contribution < -0.4 is 4.74 Å². The first-order valence-electron chi connectivity index (χ1n) is 15.2. The van der Waals surface area contributed by atoms with Crippen molar-refractivity contribution < 1.29 is 18.3 Å². The Morgan fingerprint density at radius 2 is 0.733 bits per heavy atom. The Morgan fingerprint density at radius 1 is 0.444 bits per heavy atom. The quantitative estimate of drug-likeness (QED) is 0.188. The van der Waals surface area contributed by atoms with Crippen molar-refractivity contribution in [3.8, 4) is 17.2 Å². The van der Waals surface area contributed by atoms with E-state index in [1.807, 2.05) is 12.1 Å². The van der Waals surface area contributed by atoms with Gasteiger partial charge in [-0.3, -0.25) is 0 Å². The molecule has 0 fully saturated rings. The third kappa shape index (κ3) is 6.69. The van der Waals surface area contributed by atoms with Crippen LogP contribution in [0.5, 0.6) is 17.2 Å². The highest BCUT2D eigenvalue weighted by atomic mass is 32.2. The molecule has 5 heteroatoms. The number of phenols is 1. The number of hydrogen-bond donors (Lipinski definition) is 1. The van der Waals surface area contributed by atoms with Crippen molar-refractivity contribution in [3.05, 3.63) is 149 Å². The van der Waals surface area contributed by atoms with E-state index in [1.165, 1.54) is 58.7 Å². The summed E-state index contributed by atoms with van der Waals surface area (Å²) in [5.41, 5.74) is 6.09. The van der Waals surface area contributed by atoms with Gasteiger partial charge in [0.15, 0.2) is 0 Å². The maximum absolute atomic E-state index is 12.9. The third-order valence-corrected chi connectivity index (χ3v) is 10.7. The summed E-state index contributed by atoms with van der Waals surface area (Å²) < 4.78 is 31.9. The van der Waals surface area contributed by atoms with Gasteiger partial charge in [0.25, 0.3) is 0 Å². The average Bonchev–Trinajstić information content (AvgIpc) is 3.01. The molecule has 0 atom stereocenters. The molecule has 0 amide bonds. The number of rotatable bonds is 8. The predicted molar refractivity (Wildman–Crippen MR) is 182 cm³/mol.